The first-order valence-corrected chi connectivity index (χ1v) is 7.99. The minimum absolute atomic E-state index is 0.147. The maximum atomic E-state index is 11.9. The van der Waals surface area contributed by atoms with Crippen LogP contribution < -0.4 is 10.6 Å². The molecule has 7 heteroatoms. The van der Waals surface area contributed by atoms with Gasteiger partial charge >= 0.3 is 17.8 Å². The Morgan fingerprint density at radius 1 is 1.00 bits per heavy atom. The van der Waals surface area contributed by atoms with Gasteiger partial charge in [0, 0.05) is 17.3 Å². The normalized spacial score (nSPS) is 10.0. The standard InChI is InChI=1S/C18H17ClN2O4/c1-2-25-18(24)12-7-9-14(10-8-12)21-17(23)16(22)20-11-13-5-3-4-6-15(13)19/h3-10H,2,11H2,1H3,(H,20,22)(H,21,23). The SMILES string of the molecule is CCOC(=O)c1ccc(NC(=O)C(=O)NCc2ccccc2Cl)cc1. The summed E-state index contributed by atoms with van der Waals surface area (Å²) in [7, 11) is 0. The largest absolute Gasteiger partial charge is 0.462 e. The maximum absolute atomic E-state index is 11.9. The van der Waals surface area contributed by atoms with Gasteiger partial charge in [-0.3, -0.25) is 9.59 Å². The van der Waals surface area contributed by atoms with Crippen molar-refractivity contribution < 1.29 is 19.1 Å². The van der Waals surface area contributed by atoms with Gasteiger partial charge in [-0.1, -0.05) is 29.8 Å². The molecule has 0 aliphatic heterocycles. The quantitative estimate of drug-likeness (QED) is 0.634. The summed E-state index contributed by atoms with van der Waals surface area (Å²) in [5.41, 5.74) is 1.47. The zero-order valence-electron chi connectivity index (χ0n) is 13.5. The van der Waals surface area contributed by atoms with Crippen molar-refractivity contribution in [3.8, 4) is 0 Å². The lowest BCUT2D eigenvalue weighted by molar-refractivity contribution is -0.136. The summed E-state index contributed by atoms with van der Waals surface area (Å²) in [5.74, 6) is -2.04. The number of hydrogen-bond acceptors (Lipinski definition) is 4. The minimum atomic E-state index is -0.809. The van der Waals surface area contributed by atoms with Crippen molar-refractivity contribution in [2.24, 2.45) is 0 Å². The number of nitrogens with one attached hydrogen (secondary N) is 2. The summed E-state index contributed by atoms with van der Waals surface area (Å²) >= 11 is 5.99. The van der Waals surface area contributed by atoms with Crippen molar-refractivity contribution in [3.63, 3.8) is 0 Å². The Balaban J connectivity index is 1.89. The van der Waals surface area contributed by atoms with Gasteiger partial charge in [0.25, 0.3) is 0 Å². The molecule has 0 fully saturated rings. The van der Waals surface area contributed by atoms with Crippen LogP contribution in [0.3, 0.4) is 0 Å². The zero-order valence-corrected chi connectivity index (χ0v) is 14.3. The van der Waals surface area contributed by atoms with Gasteiger partial charge in [-0.15, -0.1) is 0 Å². The molecule has 0 aliphatic carbocycles. The molecule has 0 spiro atoms. The number of carbonyl (C=O) groups excluding carboxylic acids is 3. The number of ether oxygens (including phenoxy) is 1. The monoisotopic (exact) mass is 360 g/mol. The number of rotatable bonds is 5. The Hall–Kier alpha value is -2.86. The third kappa shape index (κ3) is 5.32. The Morgan fingerprint density at radius 3 is 2.32 bits per heavy atom. The Kier molecular flexibility index (Phi) is 6.54. The Labute approximate surface area is 150 Å². The van der Waals surface area contributed by atoms with E-state index in [9.17, 15) is 14.4 Å². The van der Waals surface area contributed by atoms with E-state index in [0.29, 0.717) is 21.8 Å². The molecule has 2 amide bonds. The molecule has 0 bridgehead atoms. The lowest BCUT2D eigenvalue weighted by atomic mass is 10.2. The first-order chi connectivity index (χ1) is 12.0. The summed E-state index contributed by atoms with van der Waals surface area (Å²) in [6, 6.07) is 13.1. The number of benzene rings is 2. The molecular weight excluding hydrogens is 344 g/mol. The van der Waals surface area contributed by atoms with Crippen LogP contribution in [0.4, 0.5) is 5.69 Å². The summed E-state index contributed by atoms with van der Waals surface area (Å²) in [4.78, 5) is 35.3. The van der Waals surface area contributed by atoms with Crippen LogP contribution in [0.2, 0.25) is 5.02 Å². The molecule has 0 unspecified atom stereocenters. The second kappa shape index (κ2) is 8.84. The van der Waals surface area contributed by atoms with Gasteiger partial charge in [0.05, 0.1) is 12.2 Å². The van der Waals surface area contributed by atoms with Crippen molar-refractivity contribution in [3.05, 3.63) is 64.7 Å². The molecule has 2 rings (SSSR count). The molecule has 6 nitrogen and oxygen atoms in total. The summed E-state index contributed by atoms with van der Waals surface area (Å²) in [6.45, 7) is 2.14. The molecule has 2 N–H and O–H groups in total. The molecule has 2 aromatic rings. The van der Waals surface area contributed by atoms with Crippen LogP contribution in [-0.4, -0.2) is 24.4 Å². The van der Waals surface area contributed by atoms with E-state index in [1.165, 1.54) is 24.3 Å². The number of amides is 2. The van der Waals surface area contributed by atoms with E-state index >= 15 is 0 Å². The van der Waals surface area contributed by atoms with Gasteiger partial charge in [-0.2, -0.15) is 0 Å². The molecule has 25 heavy (non-hydrogen) atoms. The molecule has 0 aromatic heterocycles. The van der Waals surface area contributed by atoms with Crippen molar-refractivity contribution in [2.75, 3.05) is 11.9 Å². The average molecular weight is 361 g/mol. The molecular formula is C18H17ClN2O4. The second-order valence-electron chi connectivity index (χ2n) is 5.03. The highest BCUT2D eigenvalue weighted by molar-refractivity contribution is 6.39. The highest BCUT2D eigenvalue weighted by Gasteiger charge is 2.14. The van der Waals surface area contributed by atoms with Crippen LogP contribution in [-0.2, 0) is 20.9 Å². The van der Waals surface area contributed by atoms with Crippen molar-refractivity contribution in [1.82, 2.24) is 5.32 Å². The topological polar surface area (TPSA) is 84.5 Å². The van der Waals surface area contributed by atoms with E-state index in [2.05, 4.69) is 10.6 Å². The summed E-state index contributed by atoms with van der Waals surface area (Å²) in [6.07, 6.45) is 0. The molecule has 0 heterocycles. The summed E-state index contributed by atoms with van der Waals surface area (Å²) in [5, 5.41) is 5.46. The maximum Gasteiger partial charge on any atom is 0.338 e. The molecule has 0 saturated carbocycles. The lowest BCUT2D eigenvalue weighted by Gasteiger charge is -2.08. The van der Waals surface area contributed by atoms with E-state index in [0.717, 1.165) is 0 Å². The minimum Gasteiger partial charge on any atom is -0.462 e. The van der Waals surface area contributed by atoms with Crippen molar-refractivity contribution >= 4 is 35.1 Å². The number of halogens is 1. The second-order valence-corrected chi connectivity index (χ2v) is 5.43. The number of esters is 1. The fourth-order valence-corrected chi connectivity index (χ4v) is 2.19. The Bertz CT molecular complexity index is 775. The zero-order chi connectivity index (χ0) is 18.2. The third-order valence-electron chi connectivity index (χ3n) is 3.26. The molecule has 130 valence electrons. The first kappa shape index (κ1) is 18.5. The van der Waals surface area contributed by atoms with Gasteiger partial charge in [-0.05, 0) is 42.8 Å². The van der Waals surface area contributed by atoms with E-state index in [1.54, 1.807) is 31.2 Å². The molecule has 0 radical (unpaired) electrons. The van der Waals surface area contributed by atoms with Gasteiger partial charge in [-0.25, -0.2) is 4.79 Å². The van der Waals surface area contributed by atoms with E-state index < -0.39 is 17.8 Å². The van der Waals surface area contributed by atoms with Crippen molar-refractivity contribution in [1.29, 1.82) is 0 Å². The lowest BCUT2D eigenvalue weighted by Crippen LogP contribution is -2.35. The highest BCUT2D eigenvalue weighted by atomic mass is 35.5. The molecule has 0 saturated heterocycles. The number of carbonyl (C=O) groups is 3. The van der Waals surface area contributed by atoms with E-state index in [4.69, 9.17) is 16.3 Å². The van der Waals surface area contributed by atoms with Gasteiger partial charge in [0.15, 0.2) is 0 Å². The van der Waals surface area contributed by atoms with E-state index in [-0.39, 0.29) is 13.2 Å². The van der Waals surface area contributed by atoms with Gasteiger partial charge in [0.2, 0.25) is 0 Å². The van der Waals surface area contributed by atoms with Crippen LogP contribution in [0.15, 0.2) is 48.5 Å². The molecule has 0 atom stereocenters. The third-order valence-corrected chi connectivity index (χ3v) is 3.63. The van der Waals surface area contributed by atoms with Crippen LogP contribution in [0.25, 0.3) is 0 Å². The summed E-state index contributed by atoms with van der Waals surface area (Å²) < 4.78 is 4.87. The van der Waals surface area contributed by atoms with Gasteiger partial charge < -0.3 is 15.4 Å². The molecule has 2 aromatic carbocycles. The fraction of sp³-hybridized carbons (Fsp3) is 0.167. The number of hydrogen-bond donors (Lipinski definition) is 2. The molecule has 0 aliphatic rings. The van der Waals surface area contributed by atoms with Crippen LogP contribution in [0.1, 0.15) is 22.8 Å². The smallest absolute Gasteiger partial charge is 0.338 e. The van der Waals surface area contributed by atoms with Crippen LogP contribution in [0, 0.1) is 0 Å². The number of anilines is 1. The highest BCUT2D eigenvalue weighted by Crippen LogP contribution is 2.14. The average Bonchev–Trinajstić information content (AvgIpc) is 2.61. The Morgan fingerprint density at radius 2 is 1.68 bits per heavy atom. The predicted molar refractivity (Wildman–Crippen MR) is 94.3 cm³/mol. The van der Waals surface area contributed by atoms with E-state index in [1.807, 2.05) is 0 Å². The van der Waals surface area contributed by atoms with Crippen LogP contribution in [0.5, 0.6) is 0 Å². The van der Waals surface area contributed by atoms with Crippen molar-refractivity contribution in [2.45, 2.75) is 13.5 Å². The first-order valence-electron chi connectivity index (χ1n) is 7.61. The van der Waals surface area contributed by atoms with Crippen LogP contribution >= 0.6 is 11.6 Å². The predicted octanol–water partition coefficient (Wildman–Crippen LogP) is 2.77. The van der Waals surface area contributed by atoms with Gasteiger partial charge in [0.1, 0.15) is 0 Å². The fourth-order valence-electron chi connectivity index (χ4n) is 1.99.